The van der Waals surface area contributed by atoms with Crippen LogP contribution in [-0.4, -0.2) is 50.0 Å². The van der Waals surface area contributed by atoms with Crippen molar-refractivity contribution in [3.8, 4) is 0 Å². The standard InChI is InChI=1S/C25H31ClF3N3O4S/c1-6-17(3)30-24(34)18(4)31(14-19-9-7-16(2)8-10-19)23(33)15-32(37(5,35)36)22-13-20(25(27,28)29)11-12-21(22)26/h7-13,17-18H,6,14-15H2,1-5H3,(H,30,34)/t17-,18-/m0/s1. The second-order valence-electron chi connectivity index (χ2n) is 8.93. The van der Waals surface area contributed by atoms with Gasteiger partial charge in [0, 0.05) is 12.6 Å². The number of nitrogens with zero attached hydrogens (tertiary/aromatic N) is 2. The maximum absolute atomic E-state index is 13.5. The topological polar surface area (TPSA) is 86.8 Å². The molecule has 0 unspecified atom stereocenters. The summed E-state index contributed by atoms with van der Waals surface area (Å²) in [6.45, 7) is 6.20. The minimum absolute atomic E-state index is 0.0257. The maximum atomic E-state index is 13.5. The van der Waals surface area contributed by atoms with Gasteiger partial charge in [-0.2, -0.15) is 13.2 Å². The van der Waals surface area contributed by atoms with Crippen molar-refractivity contribution in [2.45, 2.75) is 58.9 Å². The highest BCUT2D eigenvalue weighted by atomic mass is 35.5. The van der Waals surface area contributed by atoms with Crippen molar-refractivity contribution >= 4 is 39.1 Å². The van der Waals surface area contributed by atoms with Crippen LogP contribution in [0.3, 0.4) is 0 Å². The van der Waals surface area contributed by atoms with Gasteiger partial charge in [-0.15, -0.1) is 0 Å². The van der Waals surface area contributed by atoms with E-state index in [-0.39, 0.29) is 17.6 Å². The zero-order valence-electron chi connectivity index (χ0n) is 21.3. The lowest BCUT2D eigenvalue weighted by molar-refractivity contribution is -0.139. The van der Waals surface area contributed by atoms with E-state index >= 15 is 0 Å². The van der Waals surface area contributed by atoms with Crippen LogP contribution in [0.2, 0.25) is 5.02 Å². The number of carbonyl (C=O) groups excluding carboxylic acids is 2. The molecule has 0 aliphatic rings. The summed E-state index contributed by atoms with van der Waals surface area (Å²) in [5.74, 6) is -1.23. The smallest absolute Gasteiger partial charge is 0.352 e. The van der Waals surface area contributed by atoms with Gasteiger partial charge < -0.3 is 10.2 Å². The van der Waals surface area contributed by atoms with Crippen LogP contribution in [0.4, 0.5) is 18.9 Å². The van der Waals surface area contributed by atoms with Crippen LogP contribution in [0.5, 0.6) is 0 Å². The summed E-state index contributed by atoms with van der Waals surface area (Å²) in [5, 5.41) is 2.52. The zero-order chi connectivity index (χ0) is 28.1. The molecule has 7 nitrogen and oxygen atoms in total. The molecular weight excluding hydrogens is 531 g/mol. The summed E-state index contributed by atoms with van der Waals surface area (Å²) >= 11 is 6.08. The molecule has 0 fully saturated rings. The van der Waals surface area contributed by atoms with Crippen molar-refractivity contribution in [2.75, 3.05) is 17.1 Å². The molecule has 2 rings (SSSR count). The molecule has 204 valence electrons. The molecular formula is C25H31ClF3N3O4S. The molecule has 2 aromatic rings. The summed E-state index contributed by atoms with van der Waals surface area (Å²) in [6, 6.07) is 8.26. The highest BCUT2D eigenvalue weighted by Gasteiger charge is 2.34. The molecule has 0 saturated carbocycles. The molecule has 12 heteroatoms. The number of aryl methyl sites for hydroxylation is 1. The Balaban J connectivity index is 2.49. The van der Waals surface area contributed by atoms with Crippen molar-refractivity contribution in [2.24, 2.45) is 0 Å². The summed E-state index contributed by atoms with van der Waals surface area (Å²) in [7, 11) is -4.25. The third-order valence-corrected chi connectivity index (χ3v) is 7.31. The first-order valence-corrected chi connectivity index (χ1v) is 13.8. The second-order valence-corrected chi connectivity index (χ2v) is 11.2. The van der Waals surface area contributed by atoms with Crippen LogP contribution in [0, 0.1) is 6.92 Å². The van der Waals surface area contributed by atoms with Gasteiger partial charge in [-0.3, -0.25) is 13.9 Å². The van der Waals surface area contributed by atoms with E-state index < -0.39 is 51.9 Å². The molecule has 1 N–H and O–H groups in total. The SMILES string of the molecule is CC[C@H](C)NC(=O)[C@H](C)N(Cc1ccc(C)cc1)C(=O)CN(c1cc(C(F)(F)F)ccc1Cl)S(C)(=O)=O. The number of anilines is 1. The number of carbonyl (C=O) groups is 2. The van der Waals surface area contributed by atoms with Crippen molar-refractivity contribution in [1.29, 1.82) is 0 Å². The highest BCUT2D eigenvalue weighted by molar-refractivity contribution is 7.92. The molecule has 0 radical (unpaired) electrons. The van der Waals surface area contributed by atoms with Crippen LogP contribution >= 0.6 is 11.6 Å². The predicted molar refractivity (Wildman–Crippen MR) is 138 cm³/mol. The molecule has 0 aliphatic carbocycles. The summed E-state index contributed by atoms with van der Waals surface area (Å²) in [5.41, 5.74) is 0.0573. The monoisotopic (exact) mass is 561 g/mol. The maximum Gasteiger partial charge on any atom is 0.416 e. The Kier molecular flexibility index (Phi) is 10.0. The lowest BCUT2D eigenvalue weighted by atomic mass is 10.1. The van der Waals surface area contributed by atoms with Gasteiger partial charge in [0.1, 0.15) is 12.6 Å². The predicted octanol–water partition coefficient (Wildman–Crippen LogP) is 4.77. The van der Waals surface area contributed by atoms with Crippen LogP contribution in [-0.2, 0) is 32.3 Å². The van der Waals surface area contributed by atoms with Crippen LogP contribution in [0.1, 0.15) is 43.9 Å². The highest BCUT2D eigenvalue weighted by Crippen LogP contribution is 2.36. The normalized spacial score (nSPS) is 13.5. The van der Waals surface area contributed by atoms with E-state index in [0.29, 0.717) is 22.4 Å². The molecule has 0 aromatic heterocycles. The number of amides is 2. The van der Waals surface area contributed by atoms with Gasteiger partial charge in [0.2, 0.25) is 21.8 Å². The summed E-state index contributed by atoms with van der Waals surface area (Å²) < 4.78 is 65.7. The molecule has 2 amide bonds. The number of rotatable bonds is 10. The Hall–Kier alpha value is -2.79. The number of nitrogens with one attached hydrogen (secondary N) is 1. The largest absolute Gasteiger partial charge is 0.416 e. The van der Waals surface area contributed by atoms with E-state index in [9.17, 15) is 31.2 Å². The minimum atomic E-state index is -4.76. The fourth-order valence-corrected chi connectivity index (χ4v) is 4.54. The Morgan fingerprint density at radius 2 is 1.68 bits per heavy atom. The summed E-state index contributed by atoms with van der Waals surface area (Å²) in [4.78, 5) is 27.6. The molecule has 0 bridgehead atoms. The van der Waals surface area contributed by atoms with Crippen molar-refractivity contribution in [1.82, 2.24) is 10.2 Å². The van der Waals surface area contributed by atoms with Crippen LogP contribution in [0.25, 0.3) is 0 Å². The van der Waals surface area contributed by atoms with Crippen LogP contribution < -0.4 is 9.62 Å². The quantitative estimate of drug-likeness (QED) is 0.453. The average Bonchev–Trinajstić information content (AvgIpc) is 2.80. The molecule has 2 atom stereocenters. The van der Waals surface area contributed by atoms with Crippen molar-refractivity contribution in [3.05, 3.63) is 64.2 Å². The van der Waals surface area contributed by atoms with E-state index in [4.69, 9.17) is 11.6 Å². The Bertz CT molecular complexity index is 1220. The third kappa shape index (κ3) is 8.36. The molecule has 2 aromatic carbocycles. The number of hydrogen-bond donors (Lipinski definition) is 1. The molecule has 37 heavy (non-hydrogen) atoms. The number of hydrogen-bond acceptors (Lipinski definition) is 4. The fourth-order valence-electron chi connectivity index (χ4n) is 3.41. The zero-order valence-corrected chi connectivity index (χ0v) is 22.8. The molecule has 0 spiro atoms. The van der Waals surface area contributed by atoms with Gasteiger partial charge in [0.05, 0.1) is 22.5 Å². The van der Waals surface area contributed by atoms with E-state index in [1.807, 2.05) is 26.0 Å². The second kappa shape index (κ2) is 12.2. The Labute approximate surface area is 220 Å². The fraction of sp³-hybridized carbons (Fsp3) is 0.440. The van der Waals surface area contributed by atoms with Gasteiger partial charge in [-0.1, -0.05) is 48.4 Å². The molecule has 0 heterocycles. The Morgan fingerprint density at radius 1 is 1.08 bits per heavy atom. The minimum Gasteiger partial charge on any atom is -0.352 e. The first-order chi connectivity index (χ1) is 17.0. The number of alkyl halides is 3. The molecule has 0 saturated heterocycles. The lowest BCUT2D eigenvalue weighted by Crippen LogP contribution is -2.52. The van der Waals surface area contributed by atoms with E-state index in [1.165, 1.54) is 11.8 Å². The first kappa shape index (κ1) is 30.4. The van der Waals surface area contributed by atoms with Gasteiger partial charge in [0.25, 0.3) is 0 Å². The van der Waals surface area contributed by atoms with Crippen molar-refractivity contribution in [3.63, 3.8) is 0 Å². The Morgan fingerprint density at radius 3 is 2.19 bits per heavy atom. The van der Waals surface area contributed by atoms with E-state index in [0.717, 1.165) is 24.0 Å². The van der Waals surface area contributed by atoms with Gasteiger partial charge in [-0.25, -0.2) is 8.42 Å². The number of halogens is 4. The number of benzene rings is 2. The van der Waals surface area contributed by atoms with E-state index in [1.54, 1.807) is 19.1 Å². The van der Waals surface area contributed by atoms with Gasteiger partial charge in [-0.05, 0) is 51.0 Å². The number of sulfonamides is 1. The van der Waals surface area contributed by atoms with Crippen molar-refractivity contribution < 1.29 is 31.2 Å². The third-order valence-electron chi connectivity index (χ3n) is 5.86. The lowest BCUT2D eigenvalue weighted by Gasteiger charge is -2.32. The molecule has 0 aliphatic heterocycles. The average molecular weight is 562 g/mol. The van der Waals surface area contributed by atoms with Gasteiger partial charge >= 0.3 is 6.18 Å². The first-order valence-electron chi connectivity index (χ1n) is 11.5. The summed E-state index contributed by atoms with van der Waals surface area (Å²) in [6.07, 6.45) is -3.34. The van der Waals surface area contributed by atoms with Gasteiger partial charge in [0.15, 0.2) is 0 Å². The van der Waals surface area contributed by atoms with Crippen LogP contribution in [0.15, 0.2) is 42.5 Å². The van der Waals surface area contributed by atoms with E-state index in [2.05, 4.69) is 5.32 Å².